The van der Waals surface area contributed by atoms with Crippen LogP contribution in [-0.2, 0) is 16.0 Å². The van der Waals surface area contributed by atoms with Crippen LogP contribution in [0.3, 0.4) is 0 Å². The molecule has 0 aliphatic carbocycles. The van der Waals surface area contributed by atoms with E-state index in [9.17, 15) is 14.4 Å². The second kappa shape index (κ2) is 9.91. The van der Waals surface area contributed by atoms with E-state index in [-0.39, 0.29) is 30.3 Å². The van der Waals surface area contributed by atoms with E-state index in [1.54, 1.807) is 0 Å². The number of carbonyl (C=O) groups excluding carboxylic acids is 2. The van der Waals surface area contributed by atoms with Gasteiger partial charge < -0.3 is 15.2 Å². The van der Waals surface area contributed by atoms with E-state index in [1.165, 1.54) is 25.4 Å². The van der Waals surface area contributed by atoms with Crippen LogP contribution in [0.1, 0.15) is 28.8 Å². The minimum atomic E-state index is -0.928. The van der Waals surface area contributed by atoms with Crippen LogP contribution >= 0.6 is 0 Å². The highest BCUT2D eigenvalue weighted by molar-refractivity contribution is 5.93. The molecule has 3 N–H and O–H groups in total. The molecule has 8 nitrogen and oxygen atoms in total. The molecule has 0 aliphatic heterocycles. The van der Waals surface area contributed by atoms with Gasteiger partial charge in [-0.25, -0.2) is 14.6 Å². The summed E-state index contributed by atoms with van der Waals surface area (Å²) < 4.78 is 4.63. The van der Waals surface area contributed by atoms with Crippen LogP contribution in [0.2, 0.25) is 0 Å². The maximum Gasteiger partial charge on any atom is 0.338 e. The van der Waals surface area contributed by atoms with Gasteiger partial charge in [0.25, 0.3) is 0 Å². The van der Waals surface area contributed by atoms with Crippen molar-refractivity contribution in [1.82, 2.24) is 10.3 Å². The van der Waals surface area contributed by atoms with Crippen molar-refractivity contribution >= 4 is 23.8 Å². The fourth-order valence-electron chi connectivity index (χ4n) is 2.50. The van der Waals surface area contributed by atoms with E-state index in [1.807, 2.05) is 30.3 Å². The number of amides is 2. The first-order valence-corrected chi connectivity index (χ1v) is 8.35. The van der Waals surface area contributed by atoms with Gasteiger partial charge in [0.15, 0.2) is 0 Å². The number of nitrogens with zero attached hydrogens (tertiary/aromatic N) is 1. The van der Waals surface area contributed by atoms with Crippen LogP contribution < -0.4 is 10.6 Å². The monoisotopic (exact) mass is 371 g/mol. The molecular weight excluding hydrogens is 350 g/mol. The van der Waals surface area contributed by atoms with Crippen LogP contribution in [0.4, 0.5) is 10.6 Å². The molecule has 1 atom stereocenters. The lowest BCUT2D eigenvalue weighted by molar-refractivity contribution is -0.137. The molecule has 0 bridgehead atoms. The van der Waals surface area contributed by atoms with Crippen molar-refractivity contribution in [2.75, 3.05) is 12.4 Å². The molecule has 0 fully saturated rings. The summed E-state index contributed by atoms with van der Waals surface area (Å²) in [6, 6.07) is 11.4. The second-order valence-electron chi connectivity index (χ2n) is 5.84. The van der Waals surface area contributed by atoms with E-state index in [0.717, 1.165) is 5.56 Å². The number of aliphatic carboxylic acids is 1. The number of hydrogen-bond acceptors (Lipinski definition) is 5. The van der Waals surface area contributed by atoms with Gasteiger partial charge in [0.1, 0.15) is 5.82 Å². The third-order valence-electron chi connectivity index (χ3n) is 3.79. The summed E-state index contributed by atoms with van der Waals surface area (Å²) in [5.41, 5.74) is 1.24. The van der Waals surface area contributed by atoms with Crippen LogP contribution in [-0.4, -0.2) is 41.2 Å². The number of benzene rings is 1. The Hall–Kier alpha value is -3.42. The fraction of sp³-hybridized carbons (Fsp3) is 0.263. The summed E-state index contributed by atoms with van der Waals surface area (Å²) in [5.74, 6) is -1.28. The zero-order chi connectivity index (χ0) is 19.6. The summed E-state index contributed by atoms with van der Waals surface area (Å²) in [7, 11) is 1.26. The lowest BCUT2D eigenvalue weighted by Crippen LogP contribution is -2.39. The smallest absolute Gasteiger partial charge is 0.338 e. The third-order valence-corrected chi connectivity index (χ3v) is 3.79. The average molecular weight is 371 g/mol. The van der Waals surface area contributed by atoms with Gasteiger partial charge in [-0.1, -0.05) is 30.3 Å². The van der Waals surface area contributed by atoms with E-state index >= 15 is 0 Å². The highest BCUT2D eigenvalue weighted by Crippen LogP contribution is 2.10. The molecule has 0 saturated carbocycles. The lowest BCUT2D eigenvalue weighted by atomic mass is 10.0. The molecule has 8 heteroatoms. The highest BCUT2D eigenvalue weighted by Gasteiger charge is 2.16. The number of methoxy groups -OCH3 is 1. The number of carbonyl (C=O) groups is 3. The minimum Gasteiger partial charge on any atom is -0.481 e. The van der Waals surface area contributed by atoms with Crippen molar-refractivity contribution in [1.29, 1.82) is 0 Å². The summed E-state index contributed by atoms with van der Waals surface area (Å²) in [4.78, 5) is 38.7. The first-order chi connectivity index (χ1) is 13.0. The fourth-order valence-corrected chi connectivity index (χ4v) is 2.50. The normalized spacial score (nSPS) is 11.3. The van der Waals surface area contributed by atoms with Gasteiger partial charge in [-0.15, -0.1) is 0 Å². The Morgan fingerprint density at radius 1 is 1.19 bits per heavy atom. The van der Waals surface area contributed by atoms with Gasteiger partial charge in [-0.3, -0.25) is 10.1 Å². The number of ether oxygens (including phenoxy) is 1. The Labute approximate surface area is 156 Å². The molecule has 142 valence electrons. The average Bonchev–Trinajstić information content (AvgIpc) is 2.66. The maximum absolute atomic E-state index is 12.3. The Kier molecular flexibility index (Phi) is 7.30. The Bertz CT molecular complexity index is 795. The van der Waals surface area contributed by atoms with Crippen molar-refractivity contribution < 1.29 is 24.2 Å². The standard InChI is InChI=1S/C19H21N3O5/c1-27-18(25)14-9-10-20-16(12-14)22-19(26)21-15(7-8-17(23)24)11-13-5-3-2-4-6-13/h2-6,9-10,12,15H,7-8,11H2,1H3,(H,23,24)(H2,20,21,22,26). The number of carboxylic acid groups (broad SMARTS) is 1. The van der Waals surface area contributed by atoms with Gasteiger partial charge in [-0.2, -0.15) is 0 Å². The first-order valence-electron chi connectivity index (χ1n) is 8.35. The van der Waals surface area contributed by atoms with Crippen LogP contribution in [0, 0.1) is 0 Å². The van der Waals surface area contributed by atoms with E-state index in [0.29, 0.717) is 6.42 Å². The van der Waals surface area contributed by atoms with E-state index in [4.69, 9.17) is 5.11 Å². The summed E-state index contributed by atoms with van der Waals surface area (Å²) in [6.45, 7) is 0. The molecule has 0 aliphatic rings. The summed E-state index contributed by atoms with van der Waals surface area (Å²) in [5, 5.41) is 14.2. The predicted molar refractivity (Wildman–Crippen MR) is 98.5 cm³/mol. The number of pyridine rings is 1. The Morgan fingerprint density at radius 2 is 1.93 bits per heavy atom. The van der Waals surface area contributed by atoms with Crippen molar-refractivity contribution in [3.63, 3.8) is 0 Å². The number of hydrogen-bond donors (Lipinski definition) is 3. The van der Waals surface area contributed by atoms with Crippen LogP contribution in [0.5, 0.6) is 0 Å². The molecule has 27 heavy (non-hydrogen) atoms. The Balaban J connectivity index is 2.01. The zero-order valence-electron chi connectivity index (χ0n) is 14.8. The maximum atomic E-state index is 12.3. The van der Waals surface area contributed by atoms with E-state index in [2.05, 4.69) is 20.4 Å². The molecule has 2 rings (SSSR count). The zero-order valence-corrected chi connectivity index (χ0v) is 14.8. The van der Waals surface area contributed by atoms with E-state index < -0.39 is 18.0 Å². The molecule has 0 saturated heterocycles. The quantitative estimate of drug-likeness (QED) is 0.614. The van der Waals surface area contributed by atoms with Gasteiger partial charge in [0, 0.05) is 18.7 Å². The number of rotatable bonds is 8. The molecule has 1 aromatic heterocycles. The SMILES string of the molecule is COC(=O)c1ccnc(NC(=O)NC(CCC(=O)O)Cc2ccccc2)c1. The molecule has 1 unspecified atom stereocenters. The third kappa shape index (κ3) is 6.77. The molecular formula is C19H21N3O5. The summed E-state index contributed by atoms with van der Waals surface area (Å²) >= 11 is 0. The topological polar surface area (TPSA) is 118 Å². The second-order valence-corrected chi connectivity index (χ2v) is 5.84. The van der Waals surface area contributed by atoms with Gasteiger partial charge >= 0.3 is 18.0 Å². The molecule has 1 heterocycles. The number of aromatic nitrogens is 1. The van der Waals surface area contributed by atoms with Crippen LogP contribution in [0.25, 0.3) is 0 Å². The molecule has 1 aromatic carbocycles. The largest absolute Gasteiger partial charge is 0.481 e. The number of urea groups is 1. The summed E-state index contributed by atoms with van der Waals surface area (Å²) in [6.07, 6.45) is 2.10. The minimum absolute atomic E-state index is 0.0617. The molecule has 0 radical (unpaired) electrons. The number of esters is 1. The molecule has 0 spiro atoms. The number of nitrogens with one attached hydrogen (secondary N) is 2. The van der Waals surface area contributed by atoms with Gasteiger partial charge in [0.2, 0.25) is 0 Å². The van der Waals surface area contributed by atoms with Crippen LogP contribution in [0.15, 0.2) is 48.7 Å². The first kappa shape index (κ1) is 19.9. The van der Waals surface area contributed by atoms with Crippen molar-refractivity contribution in [2.24, 2.45) is 0 Å². The van der Waals surface area contributed by atoms with Gasteiger partial charge in [0.05, 0.1) is 12.7 Å². The van der Waals surface area contributed by atoms with Crippen molar-refractivity contribution in [2.45, 2.75) is 25.3 Å². The number of carboxylic acids is 1. The Morgan fingerprint density at radius 3 is 2.59 bits per heavy atom. The molecule has 2 amide bonds. The predicted octanol–water partition coefficient (Wildman–Crippen LogP) is 2.47. The van der Waals surface area contributed by atoms with Gasteiger partial charge in [-0.05, 0) is 30.5 Å². The van der Waals surface area contributed by atoms with Crippen molar-refractivity contribution in [3.05, 3.63) is 59.8 Å². The highest BCUT2D eigenvalue weighted by atomic mass is 16.5. The number of anilines is 1. The molecule has 2 aromatic rings. The lowest BCUT2D eigenvalue weighted by Gasteiger charge is -2.18. The van der Waals surface area contributed by atoms with Crippen molar-refractivity contribution in [3.8, 4) is 0 Å².